The molecule has 0 saturated carbocycles. The number of nitrogens with one attached hydrogen (secondary N) is 1. The summed E-state index contributed by atoms with van der Waals surface area (Å²) in [5, 5.41) is 3.33. The second-order valence-corrected chi connectivity index (χ2v) is 6.18. The normalized spacial score (nSPS) is 20.7. The Hall–Kier alpha value is -0.860. The van der Waals surface area contributed by atoms with Crippen LogP contribution in [0.25, 0.3) is 0 Å². The molecule has 0 amide bonds. The summed E-state index contributed by atoms with van der Waals surface area (Å²) in [5.41, 5.74) is 5.82. The average Bonchev–Trinajstić information content (AvgIpc) is 2.35. The van der Waals surface area contributed by atoms with Gasteiger partial charge in [-0.05, 0) is 76.4 Å². The van der Waals surface area contributed by atoms with Crippen LogP contribution in [0.1, 0.15) is 35.1 Å². The maximum Gasteiger partial charge on any atom is 0.0239 e. The Labute approximate surface area is 118 Å². The molecule has 1 atom stereocenters. The fourth-order valence-electron chi connectivity index (χ4n) is 3.43. The quantitative estimate of drug-likeness (QED) is 0.895. The largest absolute Gasteiger partial charge is 0.319 e. The van der Waals surface area contributed by atoms with Crippen LogP contribution in [0.15, 0.2) is 12.1 Å². The van der Waals surface area contributed by atoms with Crippen molar-refractivity contribution in [2.45, 2.75) is 40.2 Å². The molecule has 2 nitrogen and oxygen atoms in total. The number of hydrogen-bond acceptors (Lipinski definition) is 2. The van der Waals surface area contributed by atoms with E-state index in [9.17, 15) is 0 Å². The van der Waals surface area contributed by atoms with E-state index < -0.39 is 0 Å². The third-order valence-corrected chi connectivity index (χ3v) is 4.32. The van der Waals surface area contributed by atoms with Crippen molar-refractivity contribution in [3.05, 3.63) is 34.4 Å². The number of aryl methyl sites for hydroxylation is 3. The van der Waals surface area contributed by atoms with Gasteiger partial charge in [0.2, 0.25) is 0 Å². The summed E-state index contributed by atoms with van der Waals surface area (Å²) >= 11 is 0. The Morgan fingerprint density at radius 1 is 1.21 bits per heavy atom. The Bertz CT molecular complexity index is 400. The lowest BCUT2D eigenvalue weighted by Gasteiger charge is -2.33. The summed E-state index contributed by atoms with van der Waals surface area (Å²) in [6.45, 7) is 11.5. The zero-order valence-electron chi connectivity index (χ0n) is 12.9. The van der Waals surface area contributed by atoms with Gasteiger partial charge in [0.25, 0.3) is 0 Å². The van der Waals surface area contributed by atoms with Crippen LogP contribution in [0.4, 0.5) is 0 Å². The maximum absolute atomic E-state index is 3.33. The van der Waals surface area contributed by atoms with Crippen molar-refractivity contribution < 1.29 is 0 Å². The summed E-state index contributed by atoms with van der Waals surface area (Å²) in [5.74, 6) is 0.824. The first-order valence-corrected chi connectivity index (χ1v) is 7.54. The van der Waals surface area contributed by atoms with Crippen LogP contribution in [0.3, 0.4) is 0 Å². The number of likely N-dealkylation sites (tertiary alicyclic amines) is 1. The predicted octanol–water partition coefficient (Wildman–Crippen LogP) is 3.04. The van der Waals surface area contributed by atoms with Crippen molar-refractivity contribution >= 4 is 0 Å². The van der Waals surface area contributed by atoms with E-state index in [1.807, 2.05) is 0 Å². The van der Waals surface area contributed by atoms with Gasteiger partial charge in [0, 0.05) is 13.1 Å². The highest BCUT2D eigenvalue weighted by Gasteiger charge is 2.20. The first-order valence-electron chi connectivity index (χ1n) is 7.54. The number of piperidine rings is 1. The molecule has 0 radical (unpaired) electrons. The molecular formula is C17H28N2. The highest BCUT2D eigenvalue weighted by Crippen LogP contribution is 2.22. The average molecular weight is 260 g/mol. The van der Waals surface area contributed by atoms with Crippen LogP contribution in [0.2, 0.25) is 0 Å². The lowest BCUT2D eigenvalue weighted by molar-refractivity contribution is 0.166. The van der Waals surface area contributed by atoms with Crippen molar-refractivity contribution in [3.8, 4) is 0 Å². The molecule has 1 fully saturated rings. The Morgan fingerprint density at radius 3 is 2.53 bits per heavy atom. The van der Waals surface area contributed by atoms with Crippen LogP contribution in [0.5, 0.6) is 0 Å². The van der Waals surface area contributed by atoms with Gasteiger partial charge in [-0.3, -0.25) is 4.90 Å². The van der Waals surface area contributed by atoms with Gasteiger partial charge in [-0.2, -0.15) is 0 Å². The molecule has 1 heterocycles. The van der Waals surface area contributed by atoms with Gasteiger partial charge in [0.1, 0.15) is 0 Å². The van der Waals surface area contributed by atoms with Crippen molar-refractivity contribution in [2.24, 2.45) is 5.92 Å². The molecule has 2 heteroatoms. The molecule has 1 unspecified atom stereocenters. The van der Waals surface area contributed by atoms with Crippen molar-refractivity contribution in [2.75, 3.05) is 26.7 Å². The molecule has 106 valence electrons. The standard InChI is InChI=1S/C17H28N2/c1-13-8-14(2)17(15(3)9-13)12-19-7-5-6-16(11-19)10-18-4/h8-9,16,18H,5-7,10-12H2,1-4H3. The van der Waals surface area contributed by atoms with Gasteiger partial charge in [-0.25, -0.2) is 0 Å². The third kappa shape index (κ3) is 3.80. The summed E-state index contributed by atoms with van der Waals surface area (Å²) in [6.07, 6.45) is 2.72. The fraction of sp³-hybridized carbons (Fsp3) is 0.647. The van der Waals surface area contributed by atoms with Crippen LogP contribution in [0, 0.1) is 26.7 Å². The lowest BCUT2D eigenvalue weighted by Crippen LogP contribution is -2.38. The fourth-order valence-corrected chi connectivity index (χ4v) is 3.43. The summed E-state index contributed by atoms with van der Waals surface area (Å²) in [7, 11) is 2.06. The molecule has 0 spiro atoms. The molecule has 2 rings (SSSR count). The Kier molecular flexibility index (Phi) is 5.00. The minimum absolute atomic E-state index is 0.824. The zero-order valence-corrected chi connectivity index (χ0v) is 12.9. The zero-order chi connectivity index (χ0) is 13.8. The molecule has 19 heavy (non-hydrogen) atoms. The SMILES string of the molecule is CNCC1CCCN(Cc2c(C)cc(C)cc2C)C1. The molecule has 0 aromatic heterocycles. The van der Waals surface area contributed by atoms with Crippen LogP contribution in [-0.2, 0) is 6.54 Å². The smallest absolute Gasteiger partial charge is 0.0239 e. The first kappa shape index (κ1) is 14.5. The monoisotopic (exact) mass is 260 g/mol. The van der Waals surface area contributed by atoms with E-state index in [1.54, 1.807) is 0 Å². The maximum atomic E-state index is 3.33. The van der Waals surface area contributed by atoms with Gasteiger partial charge in [0.15, 0.2) is 0 Å². The molecule has 1 aromatic rings. The second kappa shape index (κ2) is 6.53. The van der Waals surface area contributed by atoms with Gasteiger partial charge in [-0.15, -0.1) is 0 Å². The van der Waals surface area contributed by atoms with E-state index >= 15 is 0 Å². The molecule has 1 N–H and O–H groups in total. The predicted molar refractivity (Wildman–Crippen MR) is 82.6 cm³/mol. The van der Waals surface area contributed by atoms with Gasteiger partial charge in [-0.1, -0.05) is 17.7 Å². The van der Waals surface area contributed by atoms with E-state index in [4.69, 9.17) is 0 Å². The molecule has 1 aromatic carbocycles. The van der Waals surface area contributed by atoms with Crippen molar-refractivity contribution in [1.82, 2.24) is 10.2 Å². The first-order chi connectivity index (χ1) is 9.10. The van der Waals surface area contributed by atoms with Gasteiger partial charge < -0.3 is 5.32 Å². The van der Waals surface area contributed by atoms with E-state index in [0.29, 0.717) is 0 Å². The number of nitrogens with zero attached hydrogens (tertiary/aromatic N) is 1. The second-order valence-electron chi connectivity index (χ2n) is 6.18. The Balaban J connectivity index is 2.04. The number of rotatable bonds is 4. The van der Waals surface area contributed by atoms with Crippen molar-refractivity contribution in [3.63, 3.8) is 0 Å². The van der Waals surface area contributed by atoms with Crippen LogP contribution in [-0.4, -0.2) is 31.6 Å². The van der Waals surface area contributed by atoms with E-state index in [-0.39, 0.29) is 0 Å². The summed E-state index contributed by atoms with van der Waals surface area (Å²) in [6, 6.07) is 4.63. The lowest BCUT2D eigenvalue weighted by atomic mass is 9.95. The third-order valence-electron chi connectivity index (χ3n) is 4.32. The summed E-state index contributed by atoms with van der Waals surface area (Å²) in [4.78, 5) is 2.64. The summed E-state index contributed by atoms with van der Waals surface area (Å²) < 4.78 is 0. The minimum Gasteiger partial charge on any atom is -0.319 e. The molecule has 1 aliphatic heterocycles. The molecule has 0 bridgehead atoms. The highest BCUT2D eigenvalue weighted by molar-refractivity contribution is 5.37. The minimum atomic E-state index is 0.824. The van der Waals surface area contributed by atoms with Crippen LogP contribution >= 0.6 is 0 Å². The van der Waals surface area contributed by atoms with Gasteiger partial charge in [0.05, 0.1) is 0 Å². The topological polar surface area (TPSA) is 15.3 Å². The molecule has 1 saturated heterocycles. The van der Waals surface area contributed by atoms with Gasteiger partial charge >= 0.3 is 0 Å². The molecular weight excluding hydrogens is 232 g/mol. The van der Waals surface area contributed by atoms with E-state index in [1.165, 1.54) is 48.2 Å². The molecule has 0 aliphatic carbocycles. The van der Waals surface area contributed by atoms with Crippen LogP contribution < -0.4 is 5.32 Å². The number of hydrogen-bond donors (Lipinski definition) is 1. The highest BCUT2D eigenvalue weighted by atomic mass is 15.1. The Morgan fingerprint density at radius 2 is 1.89 bits per heavy atom. The van der Waals surface area contributed by atoms with E-state index in [2.05, 4.69) is 50.2 Å². The van der Waals surface area contributed by atoms with E-state index in [0.717, 1.165) is 19.0 Å². The number of benzene rings is 1. The van der Waals surface area contributed by atoms with Crippen molar-refractivity contribution in [1.29, 1.82) is 0 Å². The molecule has 1 aliphatic rings.